The summed E-state index contributed by atoms with van der Waals surface area (Å²) in [4.78, 5) is 0. The van der Waals surface area contributed by atoms with Crippen molar-refractivity contribution in [2.24, 2.45) is 5.73 Å². The van der Waals surface area contributed by atoms with Gasteiger partial charge in [-0.2, -0.15) is 0 Å². The SMILES string of the molecule is CCC(N)c1csc(Cl)c1. The number of rotatable bonds is 2. The third kappa shape index (κ3) is 1.72. The first-order valence-electron chi connectivity index (χ1n) is 3.23. The van der Waals surface area contributed by atoms with Crippen LogP contribution in [0.3, 0.4) is 0 Å². The highest BCUT2D eigenvalue weighted by molar-refractivity contribution is 7.14. The summed E-state index contributed by atoms with van der Waals surface area (Å²) >= 11 is 7.26. The van der Waals surface area contributed by atoms with Gasteiger partial charge in [-0.25, -0.2) is 0 Å². The molecule has 1 aromatic heterocycles. The molecule has 1 nitrogen and oxygen atoms in total. The lowest BCUT2D eigenvalue weighted by Gasteiger charge is -2.03. The lowest BCUT2D eigenvalue weighted by molar-refractivity contribution is 0.701. The van der Waals surface area contributed by atoms with Crippen LogP contribution in [-0.4, -0.2) is 0 Å². The van der Waals surface area contributed by atoms with Crippen LogP contribution in [0.5, 0.6) is 0 Å². The van der Waals surface area contributed by atoms with E-state index in [0.29, 0.717) is 0 Å². The maximum absolute atomic E-state index is 5.76. The first-order chi connectivity index (χ1) is 4.74. The number of hydrogen-bond acceptors (Lipinski definition) is 2. The van der Waals surface area contributed by atoms with E-state index in [4.69, 9.17) is 17.3 Å². The molecule has 3 heteroatoms. The summed E-state index contributed by atoms with van der Waals surface area (Å²) in [7, 11) is 0. The van der Waals surface area contributed by atoms with Gasteiger partial charge in [0.05, 0.1) is 4.34 Å². The van der Waals surface area contributed by atoms with Crippen molar-refractivity contribution in [2.75, 3.05) is 0 Å². The van der Waals surface area contributed by atoms with Crippen LogP contribution >= 0.6 is 22.9 Å². The van der Waals surface area contributed by atoms with Gasteiger partial charge in [-0.3, -0.25) is 0 Å². The van der Waals surface area contributed by atoms with E-state index in [1.807, 2.05) is 11.4 Å². The molecule has 1 heterocycles. The van der Waals surface area contributed by atoms with Crippen LogP contribution in [0.1, 0.15) is 24.9 Å². The van der Waals surface area contributed by atoms with Crippen LogP contribution in [0.4, 0.5) is 0 Å². The second-order valence-corrected chi connectivity index (χ2v) is 3.74. The van der Waals surface area contributed by atoms with Crippen LogP contribution in [0, 0.1) is 0 Å². The van der Waals surface area contributed by atoms with E-state index in [-0.39, 0.29) is 6.04 Å². The minimum absolute atomic E-state index is 0.156. The molecule has 2 N–H and O–H groups in total. The van der Waals surface area contributed by atoms with Crippen molar-refractivity contribution >= 4 is 22.9 Å². The van der Waals surface area contributed by atoms with Crippen LogP contribution in [-0.2, 0) is 0 Å². The highest BCUT2D eigenvalue weighted by Gasteiger charge is 2.04. The average molecular weight is 176 g/mol. The second kappa shape index (κ2) is 3.37. The highest BCUT2D eigenvalue weighted by Crippen LogP contribution is 2.24. The number of hydrogen-bond donors (Lipinski definition) is 1. The Kier molecular flexibility index (Phi) is 2.72. The number of nitrogens with two attached hydrogens (primary N) is 1. The van der Waals surface area contributed by atoms with E-state index in [9.17, 15) is 0 Å². The van der Waals surface area contributed by atoms with Gasteiger partial charge < -0.3 is 5.73 Å². The monoisotopic (exact) mass is 175 g/mol. The van der Waals surface area contributed by atoms with Gasteiger partial charge in [0.1, 0.15) is 0 Å². The quantitative estimate of drug-likeness (QED) is 0.735. The van der Waals surface area contributed by atoms with Gasteiger partial charge in [0, 0.05) is 6.04 Å². The van der Waals surface area contributed by atoms with Crippen molar-refractivity contribution in [1.29, 1.82) is 0 Å². The standard InChI is InChI=1S/C7H10ClNS/c1-2-6(9)5-3-7(8)10-4-5/h3-4,6H,2,9H2,1H3. The summed E-state index contributed by atoms with van der Waals surface area (Å²) < 4.78 is 0.818. The van der Waals surface area contributed by atoms with Crippen molar-refractivity contribution in [1.82, 2.24) is 0 Å². The summed E-state index contributed by atoms with van der Waals surface area (Å²) in [6, 6.07) is 2.09. The Morgan fingerprint density at radius 3 is 2.90 bits per heavy atom. The third-order valence-electron chi connectivity index (χ3n) is 1.46. The van der Waals surface area contributed by atoms with Gasteiger partial charge in [0.15, 0.2) is 0 Å². The van der Waals surface area contributed by atoms with Crippen LogP contribution in [0.25, 0.3) is 0 Å². The zero-order valence-electron chi connectivity index (χ0n) is 5.80. The van der Waals surface area contributed by atoms with Crippen molar-refractivity contribution in [3.63, 3.8) is 0 Å². The molecule has 1 aromatic rings. The molecule has 0 saturated heterocycles. The maximum atomic E-state index is 5.76. The van der Waals surface area contributed by atoms with E-state index >= 15 is 0 Å². The smallest absolute Gasteiger partial charge is 0.0931 e. The Bertz CT molecular complexity index is 209. The minimum atomic E-state index is 0.156. The molecule has 0 bridgehead atoms. The molecular weight excluding hydrogens is 166 g/mol. The maximum Gasteiger partial charge on any atom is 0.0931 e. The minimum Gasteiger partial charge on any atom is -0.324 e. The van der Waals surface area contributed by atoms with Gasteiger partial charge in [-0.1, -0.05) is 18.5 Å². The zero-order valence-corrected chi connectivity index (χ0v) is 7.38. The summed E-state index contributed by atoms with van der Waals surface area (Å²) in [6.07, 6.45) is 0.965. The van der Waals surface area contributed by atoms with E-state index in [2.05, 4.69) is 6.92 Å². The first kappa shape index (κ1) is 8.05. The highest BCUT2D eigenvalue weighted by atomic mass is 35.5. The molecule has 0 radical (unpaired) electrons. The van der Waals surface area contributed by atoms with Gasteiger partial charge >= 0.3 is 0 Å². The van der Waals surface area contributed by atoms with Crippen molar-refractivity contribution in [2.45, 2.75) is 19.4 Å². The fourth-order valence-corrected chi connectivity index (χ4v) is 1.71. The van der Waals surface area contributed by atoms with Gasteiger partial charge in [-0.05, 0) is 23.4 Å². The molecule has 56 valence electrons. The van der Waals surface area contributed by atoms with Crippen LogP contribution < -0.4 is 5.73 Å². The normalized spacial score (nSPS) is 13.5. The molecule has 1 atom stereocenters. The van der Waals surface area contributed by atoms with Crippen molar-refractivity contribution in [3.8, 4) is 0 Å². The average Bonchev–Trinajstić information content (AvgIpc) is 2.34. The van der Waals surface area contributed by atoms with E-state index < -0.39 is 0 Å². The van der Waals surface area contributed by atoms with Crippen molar-refractivity contribution < 1.29 is 0 Å². The van der Waals surface area contributed by atoms with Gasteiger partial charge in [0.2, 0.25) is 0 Å². The van der Waals surface area contributed by atoms with Gasteiger partial charge in [0.25, 0.3) is 0 Å². The molecule has 1 unspecified atom stereocenters. The van der Waals surface area contributed by atoms with Gasteiger partial charge in [-0.15, -0.1) is 11.3 Å². The molecule has 0 aliphatic rings. The summed E-state index contributed by atoms with van der Waals surface area (Å²) in [5, 5.41) is 2.01. The van der Waals surface area contributed by atoms with E-state index in [1.165, 1.54) is 11.3 Å². The fraction of sp³-hybridized carbons (Fsp3) is 0.429. The molecule has 0 aromatic carbocycles. The Hall–Kier alpha value is -0.0500. The zero-order chi connectivity index (χ0) is 7.56. The molecular formula is C7H10ClNS. The number of halogens is 1. The Balaban J connectivity index is 2.74. The number of thiophene rings is 1. The molecule has 0 aliphatic carbocycles. The predicted molar refractivity (Wildman–Crippen MR) is 46.5 cm³/mol. The molecule has 1 rings (SSSR count). The largest absolute Gasteiger partial charge is 0.324 e. The van der Waals surface area contributed by atoms with E-state index in [1.54, 1.807) is 0 Å². The topological polar surface area (TPSA) is 26.0 Å². The Morgan fingerprint density at radius 1 is 1.80 bits per heavy atom. The molecule has 10 heavy (non-hydrogen) atoms. The lowest BCUT2D eigenvalue weighted by atomic mass is 10.1. The summed E-state index contributed by atoms with van der Waals surface area (Å²) in [6.45, 7) is 2.07. The Labute approximate surface area is 69.8 Å². The molecule has 0 aliphatic heterocycles. The molecule has 0 fully saturated rings. The molecule has 0 spiro atoms. The summed E-state index contributed by atoms with van der Waals surface area (Å²) in [5.41, 5.74) is 6.91. The first-order valence-corrected chi connectivity index (χ1v) is 4.49. The molecule has 0 saturated carbocycles. The molecule has 0 amide bonds. The van der Waals surface area contributed by atoms with Crippen LogP contribution in [0.2, 0.25) is 4.34 Å². The second-order valence-electron chi connectivity index (χ2n) is 2.20. The predicted octanol–water partition coefficient (Wildman–Crippen LogP) is 2.81. The van der Waals surface area contributed by atoms with Crippen molar-refractivity contribution in [3.05, 3.63) is 21.3 Å². The third-order valence-corrected chi connectivity index (χ3v) is 2.57. The lowest BCUT2D eigenvalue weighted by Crippen LogP contribution is -2.06. The fourth-order valence-electron chi connectivity index (χ4n) is 0.754. The van der Waals surface area contributed by atoms with Crippen LogP contribution in [0.15, 0.2) is 11.4 Å². The Morgan fingerprint density at radius 2 is 2.50 bits per heavy atom. The van der Waals surface area contributed by atoms with E-state index in [0.717, 1.165) is 16.3 Å². The summed E-state index contributed by atoms with van der Waals surface area (Å²) in [5.74, 6) is 0.